The maximum absolute atomic E-state index is 6.31. The summed E-state index contributed by atoms with van der Waals surface area (Å²) in [5, 5.41) is 0.811. The lowest BCUT2D eigenvalue weighted by molar-refractivity contribution is -0.669. The fourth-order valence-corrected chi connectivity index (χ4v) is 3.90. The highest BCUT2D eigenvalue weighted by Crippen LogP contribution is 2.21. The smallest absolute Gasteiger partial charge is 0.227 e. The Bertz CT molecular complexity index is 836. The van der Waals surface area contributed by atoms with Crippen molar-refractivity contribution in [3.63, 3.8) is 0 Å². The van der Waals surface area contributed by atoms with Crippen LogP contribution in [0.1, 0.15) is 56.8 Å². The summed E-state index contributed by atoms with van der Waals surface area (Å²) in [6.45, 7) is 6.46. The fraction of sp³-hybridized carbons (Fsp3) is 0.435. The number of hydrogen-bond donors (Lipinski definition) is 0. The van der Waals surface area contributed by atoms with Gasteiger partial charge in [0, 0.05) is 18.0 Å². The first kappa shape index (κ1) is 19.0. The third-order valence-corrected chi connectivity index (χ3v) is 5.45. The van der Waals surface area contributed by atoms with Gasteiger partial charge in [0.05, 0.1) is 6.54 Å². The number of benzene rings is 2. The van der Waals surface area contributed by atoms with Crippen LogP contribution < -0.4 is 4.57 Å². The van der Waals surface area contributed by atoms with Crippen LogP contribution in [-0.4, -0.2) is 4.57 Å². The summed E-state index contributed by atoms with van der Waals surface area (Å²) >= 11 is 6.31. The molecule has 0 bridgehead atoms. The van der Waals surface area contributed by atoms with Crippen molar-refractivity contribution in [1.29, 1.82) is 0 Å². The minimum atomic E-state index is 0.811. The van der Waals surface area contributed by atoms with Gasteiger partial charge in [0.15, 0.2) is 11.0 Å². The van der Waals surface area contributed by atoms with E-state index in [4.69, 9.17) is 11.6 Å². The fourth-order valence-electron chi connectivity index (χ4n) is 3.73. The summed E-state index contributed by atoms with van der Waals surface area (Å²) < 4.78 is 4.86. The Hall–Kier alpha value is -1.80. The summed E-state index contributed by atoms with van der Waals surface area (Å²) in [7, 11) is 0. The molecule has 1 aromatic heterocycles. The van der Waals surface area contributed by atoms with Gasteiger partial charge in [-0.05, 0) is 30.5 Å². The van der Waals surface area contributed by atoms with Gasteiger partial charge in [-0.3, -0.25) is 0 Å². The summed E-state index contributed by atoms with van der Waals surface area (Å²) in [6, 6.07) is 16.9. The average Bonchev–Trinajstić information content (AvgIpc) is 2.90. The average molecular weight is 370 g/mol. The van der Waals surface area contributed by atoms with Crippen LogP contribution in [0.3, 0.4) is 0 Å². The predicted molar refractivity (Wildman–Crippen MR) is 111 cm³/mol. The standard InChI is InChI=1S/C23H30ClN2/c1-3-4-5-6-7-11-16-25-19(2)26(18-20-12-9-8-10-13-20)22-15-14-21(24)17-23(22)25/h8-10,12-15,17H,3-7,11,16,18H2,1-2H3/q+1. The first-order valence-corrected chi connectivity index (χ1v) is 10.3. The molecule has 0 atom stereocenters. The van der Waals surface area contributed by atoms with Gasteiger partial charge in [-0.2, -0.15) is 0 Å². The molecule has 0 radical (unpaired) electrons. The molecule has 0 saturated carbocycles. The van der Waals surface area contributed by atoms with Crippen molar-refractivity contribution in [3.8, 4) is 0 Å². The summed E-state index contributed by atoms with van der Waals surface area (Å²) in [4.78, 5) is 0. The quantitative estimate of drug-likeness (QED) is 0.309. The third kappa shape index (κ3) is 4.48. The normalized spacial score (nSPS) is 11.3. The number of fused-ring (bicyclic) bond motifs is 1. The number of rotatable bonds is 9. The van der Waals surface area contributed by atoms with E-state index in [1.807, 2.05) is 6.07 Å². The lowest BCUT2D eigenvalue weighted by Crippen LogP contribution is -2.37. The van der Waals surface area contributed by atoms with Gasteiger partial charge in [0.1, 0.15) is 6.54 Å². The molecule has 26 heavy (non-hydrogen) atoms. The van der Waals surface area contributed by atoms with E-state index in [1.165, 1.54) is 60.9 Å². The first-order chi connectivity index (χ1) is 12.7. The molecule has 0 amide bonds. The second-order valence-electron chi connectivity index (χ2n) is 7.17. The van der Waals surface area contributed by atoms with Crippen LogP contribution in [0.25, 0.3) is 11.0 Å². The molecular weight excluding hydrogens is 340 g/mol. The number of aryl methyl sites for hydroxylation is 1. The zero-order valence-electron chi connectivity index (χ0n) is 16.0. The number of aromatic nitrogens is 2. The lowest BCUT2D eigenvalue weighted by atomic mass is 10.1. The zero-order chi connectivity index (χ0) is 18.4. The van der Waals surface area contributed by atoms with Gasteiger partial charge in [0.25, 0.3) is 5.82 Å². The van der Waals surface area contributed by atoms with Crippen LogP contribution in [0.4, 0.5) is 0 Å². The van der Waals surface area contributed by atoms with E-state index in [2.05, 4.69) is 65.4 Å². The third-order valence-electron chi connectivity index (χ3n) is 5.22. The maximum atomic E-state index is 6.31. The number of unbranched alkanes of at least 4 members (excludes halogenated alkanes) is 5. The Morgan fingerprint density at radius 1 is 0.923 bits per heavy atom. The van der Waals surface area contributed by atoms with Gasteiger partial charge in [0.2, 0.25) is 0 Å². The lowest BCUT2D eigenvalue weighted by Gasteiger charge is -2.03. The highest BCUT2D eigenvalue weighted by Gasteiger charge is 2.21. The molecule has 0 spiro atoms. The monoisotopic (exact) mass is 369 g/mol. The Balaban J connectivity index is 1.83. The van der Waals surface area contributed by atoms with Gasteiger partial charge >= 0.3 is 0 Å². The van der Waals surface area contributed by atoms with Crippen molar-refractivity contribution >= 4 is 22.6 Å². The molecular formula is C23H30ClN2+. The van der Waals surface area contributed by atoms with Gasteiger partial charge in [-0.25, -0.2) is 9.13 Å². The largest absolute Gasteiger partial charge is 0.254 e. The van der Waals surface area contributed by atoms with Crippen LogP contribution in [0.2, 0.25) is 5.02 Å². The molecule has 0 unspecified atom stereocenters. The summed E-state index contributed by atoms with van der Waals surface area (Å²) in [5.41, 5.74) is 3.84. The number of hydrogen-bond acceptors (Lipinski definition) is 0. The van der Waals surface area contributed by atoms with Crippen LogP contribution in [-0.2, 0) is 13.1 Å². The van der Waals surface area contributed by atoms with Crippen LogP contribution in [0, 0.1) is 6.92 Å². The molecule has 3 rings (SSSR count). The van der Waals surface area contributed by atoms with Gasteiger partial charge in [-0.1, -0.05) is 74.5 Å². The highest BCUT2D eigenvalue weighted by atomic mass is 35.5. The van der Waals surface area contributed by atoms with Crippen LogP contribution in [0.15, 0.2) is 48.5 Å². The zero-order valence-corrected chi connectivity index (χ0v) is 16.8. The molecule has 0 aliphatic heterocycles. The Morgan fingerprint density at radius 3 is 2.42 bits per heavy atom. The molecule has 3 aromatic rings. The van der Waals surface area contributed by atoms with Crippen LogP contribution >= 0.6 is 11.6 Å². The van der Waals surface area contributed by atoms with Crippen molar-refractivity contribution in [3.05, 3.63) is 64.9 Å². The summed E-state index contributed by atoms with van der Waals surface area (Å²) in [5.74, 6) is 1.31. The topological polar surface area (TPSA) is 8.81 Å². The molecule has 1 heterocycles. The Morgan fingerprint density at radius 2 is 1.65 bits per heavy atom. The maximum Gasteiger partial charge on any atom is 0.254 e. The Labute approximate surface area is 162 Å². The minimum absolute atomic E-state index is 0.811. The number of halogens is 1. The van der Waals surface area contributed by atoms with E-state index in [9.17, 15) is 0 Å². The summed E-state index contributed by atoms with van der Waals surface area (Å²) in [6.07, 6.45) is 7.90. The molecule has 0 aliphatic carbocycles. The molecule has 0 saturated heterocycles. The molecule has 2 nitrogen and oxygen atoms in total. The van der Waals surface area contributed by atoms with Crippen molar-refractivity contribution in [2.24, 2.45) is 0 Å². The van der Waals surface area contributed by atoms with E-state index in [0.717, 1.165) is 18.1 Å². The van der Waals surface area contributed by atoms with Crippen LogP contribution in [0.5, 0.6) is 0 Å². The van der Waals surface area contributed by atoms with E-state index >= 15 is 0 Å². The molecule has 3 heteroatoms. The van der Waals surface area contributed by atoms with Gasteiger partial charge in [-0.15, -0.1) is 0 Å². The van der Waals surface area contributed by atoms with E-state index in [0.29, 0.717) is 0 Å². The molecule has 0 aliphatic rings. The second-order valence-corrected chi connectivity index (χ2v) is 7.61. The van der Waals surface area contributed by atoms with Crippen molar-refractivity contribution in [2.45, 2.75) is 65.5 Å². The van der Waals surface area contributed by atoms with Crippen molar-refractivity contribution in [1.82, 2.24) is 4.57 Å². The highest BCUT2D eigenvalue weighted by molar-refractivity contribution is 6.31. The number of nitrogens with zero attached hydrogens (tertiary/aromatic N) is 2. The SMILES string of the molecule is CCCCCCCCn1c(C)[n+](Cc2ccccc2)c2ccc(Cl)cc21. The second kappa shape index (κ2) is 9.23. The predicted octanol–water partition coefficient (Wildman–Crippen LogP) is 6.30. The molecule has 138 valence electrons. The Kier molecular flexibility index (Phi) is 6.73. The van der Waals surface area contributed by atoms with Crippen molar-refractivity contribution < 1.29 is 4.57 Å². The van der Waals surface area contributed by atoms with E-state index in [1.54, 1.807) is 0 Å². The van der Waals surface area contributed by atoms with E-state index < -0.39 is 0 Å². The van der Waals surface area contributed by atoms with E-state index in [-0.39, 0.29) is 0 Å². The van der Waals surface area contributed by atoms with Crippen molar-refractivity contribution in [2.75, 3.05) is 0 Å². The molecule has 2 aromatic carbocycles. The molecule has 0 N–H and O–H groups in total. The molecule has 0 fully saturated rings. The van der Waals surface area contributed by atoms with Gasteiger partial charge < -0.3 is 0 Å². The number of imidazole rings is 1. The minimum Gasteiger partial charge on any atom is -0.227 e. The first-order valence-electron chi connectivity index (χ1n) is 9.93.